The number of carbonyl (C=O) groups excluding carboxylic acids is 1. The van der Waals surface area contributed by atoms with Crippen molar-refractivity contribution < 1.29 is 13.9 Å². The molecule has 0 fully saturated rings. The van der Waals surface area contributed by atoms with Gasteiger partial charge in [-0.1, -0.05) is 60.7 Å². The van der Waals surface area contributed by atoms with Gasteiger partial charge in [0.2, 0.25) is 5.78 Å². The summed E-state index contributed by atoms with van der Waals surface area (Å²) in [5, 5.41) is 0.927. The van der Waals surface area contributed by atoms with Crippen LogP contribution in [0.3, 0.4) is 0 Å². The number of benzene rings is 3. The molecule has 1 aromatic heterocycles. The van der Waals surface area contributed by atoms with E-state index in [0.717, 1.165) is 16.5 Å². The highest BCUT2D eigenvalue weighted by atomic mass is 16.5. The van der Waals surface area contributed by atoms with Crippen LogP contribution in [0, 0.1) is 6.92 Å². The Balaban J connectivity index is 1.62. The summed E-state index contributed by atoms with van der Waals surface area (Å²) in [6, 6.07) is 24.9. The maximum Gasteiger partial charge on any atom is 0.228 e. The zero-order valence-electron chi connectivity index (χ0n) is 14.4. The van der Waals surface area contributed by atoms with Crippen LogP contribution in [0.15, 0.2) is 83.3 Å². The lowest BCUT2D eigenvalue weighted by atomic mass is 10.0. The van der Waals surface area contributed by atoms with Crippen LogP contribution >= 0.6 is 0 Å². The lowest BCUT2D eigenvalue weighted by Crippen LogP contribution is -2.00. The van der Waals surface area contributed by atoms with E-state index < -0.39 is 0 Å². The molecular weight excluding hydrogens is 324 g/mol. The second kappa shape index (κ2) is 6.89. The Morgan fingerprint density at radius 1 is 0.923 bits per heavy atom. The fraction of sp³-hybridized carbons (Fsp3) is 0.0870. The number of hydrogen-bond donors (Lipinski definition) is 0. The Bertz CT molecular complexity index is 1050. The molecule has 3 nitrogen and oxygen atoms in total. The summed E-state index contributed by atoms with van der Waals surface area (Å²) >= 11 is 0. The fourth-order valence-electron chi connectivity index (χ4n) is 2.97. The van der Waals surface area contributed by atoms with Crippen molar-refractivity contribution in [3.63, 3.8) is 0 Å². The standard InChI is InChI=1S/C23H18O3/c1-16-20-13-12-19(25-15-17-8-4-2-5-9-17)14-21(20)26-23(16)22(24)18-10-6-3-7-11-18/h2-14H,15H2,1H3. The Kier molecular flexibility index (Phi) is 4.28. The minimum atomic E-state index is -0.106. The number of hydrogen-bond acceptors (Lipinski definition) is 3. The third-order valence-corrected chi connectivity index (χ3v) is 4.40. The molecule has 26 heavy (non-hydrogen) atoms. The van der Waals surface area contributed by atoms with E-state index in [-0.39, 0.29) is 5.78 Å². The van der Waals surface area contributed by atoms with Crippen LogP contribution in [0.2, 0.25) is 0 Å². The Morgan fingerprint density at radius 3 is 2.35 bits per heavy atom. The number of carbonyl (C=O) groups is 1. The first-order chi connectivity index (χ1) is 12.7. The zero-order chi connectivity index (χ0) is 17.9. The molecule has 0 aliphatic rings. The molecule has 0 atom stereocenters. The highest BCUT2D eigenvalue weighted by Crippen LogP contribution is 2.30. The Hall–Kier alpha value is -3.33. The number of rotatable bonds is 5. The van der Waals surface area contributed by atoms with Gasteiger partial charge in [-0.15, -0.1) is 0 Å². The molecule has 3 aromatic carbocycles. The lowest BCUT2D eigenvalue weighted by Gasteiger charge is -2.05. The molecule has 3 heteroatoms. The molecule has 4 rings (SSSR count). The van der Waals surface area contributed by atoms with E-state index in [4.69, 9.17) is 9.15 Å². The minimum Gasteiger partial charge on any atom is -0.489 e. The molecular formula is C23H18O3. The second-order valence-electron chi connectivity index (χ2n) is 6.18. The molecule has 0 saturated heterocycles. The highest BCUT2D eigenvalue weighted by Gasteiger charge is 2.19. The molecule has 4 aromatic rings. The number of furan rings is 1. The molecule has 0 aliphatic carbocycles. The van der Waals surface area contributed by atoms with E-state index in [2.05, 4.69) is 0 Å². The Labute approximate surface area is 151 Å². The van der Waals surface area contributed by atoms with Gasteiger partial charge >= 0.3 is 0 Å². The fourth-order valence-corrected chi connectivity index (χ4v) is 2.97. The first-order valence-corrected chi connectivity index (χ1v) is 8.52. The smallest absolute Gasteiger partial charge is 0.228 e. The normalized spacial score (nSPS) is 10.8. The largest absolute Gasteiger partial charge is 0.489 e. The van der Waals surface area contributed by atoms with Gasteiger partial charge in [-0.25, -0.2) is 0 Å². The van der Waals surface area contributed by atoms with Crippen molar-refractivity contribution in [3.8, 4) is 5.75 Å². The third-order valence-electron chi connectivity index (χ3n) is 4.40. The van der Waals surface area contributed by atoms with Gasteiger partial charge in [-0.2, -0.15) is 0 Å². The van der Waals surface area contributed by atoms with Crippen molar-refractivity contribution in [1.82, 2.24) is 0 Å². The molecule has 128 valence electrons. The molecule has 0 aliphatic heterocycles. The van der Waals surface area contributed by atoms with E-state index in [0.29, 0.717) is 29.3 Å². The van der Waals surface area contributed by atoms with Gasteiger partial charge in [0.05, 0.1) is 0 Å². The van der Waals surface area contributed by atoms with Crippen molar-refractivity contribution in [2.75, 3.05) is 0 Å². The molecule has 0 unspecified atom stereocenters. The van der Waals surface area contributed by atoms with Crippen molar-refractivity contribution >= 4 is 16.8 Å². The molecule has 0 amide bonds. The van der Waals surface area contributed by atoms with Gasteiger partial charge in [-0.3, -0.25) is 4.79 Å². The van der Waals surface area contributed by atoms with Crippen LogP contribution in [-0.2, 0) is 6.61 Å². The monoisotopic (exact) mass is 342 g/mol. The second-order valence-corrected chi connectivity index (χ2v) is 6.18. The van der Waals surface area contributed by atoms with E-state index in [1.807, 2.05) is 73.7 Å². The molecule has 0 N–H and O–H groups in total. The maximum absolute atomic E-state index is 12.7. The number of fused-ring (bicyclic) bond motifs is 1. The number of aryl methyl sites for hydroxylation is 1. The summed E-state index contributed by atoms with van der Waals surface area (Å²) in [4.78, 5) is 12.7. The topological polar surface area (TPSA) is 39.4 Å². The van der Waals surface area contributed by atoms with Crippen LogP contribution in [0.25, 0.3) is 11.0 Å². The minimum absolute atomic E-state index is 0.106. The maximum atomic E-state index is 12.7. The number of ketones is 1. The summed E-state index contributed by atoms with van der Waals surface area (Å²) in [5.41, 5.74) is 3.23. The average Bonchev–Trinajstić information content (AvgIpc) is 3.03. The van der Waals surface area contributed by atoms with Crippen LogP contribution in [0.4, 0.5) is 0 Å². The summed E-state index contributed by atoms with van der Waals surface area (Å²) in [7, 11) is 0. The predicted molar refractivity (Wildman–Crippen MR) is 102 cm³/mol. The van der Waals surface area contributed by atoms with Gasteiger partial charge in [-0.05, 0) is 24.6 Å². The van der Waals surface area contributed by atoms with Crippen LogP contribution < -0.4 is 4.74 Å². The van der Waals surface area contributed by atoms with E-state index in [9.17, 15) is 4.79 Å². The van der Waals surface area contributed by atoms with Crippen LogP contribution in [0.5, 0.6) is 5.75 Å². The molecule has 0 bridgehead atoms. The zero-order valence-corrected chi connectivity index (χ0v) is 14.4. The van der Waals surface area contributed by atoms with Crippen molar-refractivity contribution in [2.24, 2.45) is 0 Å². The van der Waals surface area contributed by atoms with Crippen molar-refractivity contribution in [2.45, 2.75) is 13.5 Å². The SMILES string of the molecule is Cc1c(C(=O)c2ccccc2)oc2cc(OCc3ccccc3)ccc12. The average molecular weight is 342 g/mol. The van der Waals surface area contributed by atoms with E-state index in [1.165, 1.54) is 0 Å². The van der Waals surface area contributed by atoms with E-state index in [1.54, 1.807) is 12.1 Å². The third kappa shape index (κ3) is 3.11. The van der Waals surface area contributed by atoms with E-state index >= 15 is 0 Å². The molecule has 0 radical (unpaired) electrons. The highest BCUT2D eigenvalue weighted by molar-refractivity contribution is 6.10. The van der Waals surface area contributed by atoms with Gasteiger partial charge in [0, 0.05) is 22.6 Å². The lowest BCUT2D eigenvalue weighted by molar-refractivity contribution is 0.101. The summed E-state index contributed by atoms with van der Waals surface area (Å²) in [5.74, 6) is 0.992. The summed E-state index contributed by atoms with van der Waals surface area (Å²) in [6.07, 6.45) is 0. The molecule has 0 spiro atoms. The summed E-state index contributed by atoms with van der Waals surface area (Å²) in [6.45, 7) is 2.40. The van der Waals surface area contributed by atoms with Crippen molar-refractivity contribution in [1.29, 1.82) is 0 Å². The first-order valence-electron chi connectivity index (χ1n) is 8.52. The number of ether oxygens (including phenoxy) is 1. The summed E-state index contributed by atoms with van der Waals surface area (Å²) < 4.78 is 11.7. The van der Waals surface area contributed by atoms with Crippen LogP contribution in [0.1, 0.15) is 27.2 Å². The van der Waals surface area contributed by atoms with Crippen LogP contribution in [-0.4, -0.2) is 5.78 Å². The predicted octanol–water partition coefficient (Wildman–Crippen LogP) is 5.55. The van der Waals surface area contributed by atoms with Gasteiger partial charge in [0.1, 0.15) is 17.9 Å². The molecule has 1 heterocycles. The van der Waals surface area contributed by atoms with Crippen molar-refractivity contribution in [3.05, 3.63) is 101 Å². The van der Waals surface area contributed by atoms with Gasteiger partial charge in [0.25, 0.3) is 0 Å². The first kappa shape index (κ1) is 16.2. The van der Waals surface area contributed by atoms with Gasteiger partial charge < -0.3 is 9.15 Å². The van der Waals surface area contributed by atoms with Gasteiger partial charge in [0.15, 0.2) is 5.76 Å². The Morgan fingerprint density at radius 2 is 1.62 bits per heavy atom. The quantitative estimate of drug-likeness (QED) is 0.446. The molecule has 0 saturated carbocycles.